The third kappa shape index (κ3) is 3.40. The van der Waals surface area contributed by atoms with Crippen molar-refractivity contribution in [2.75, 3.05) is 13.1 Å². The van der Waals surface area contributed by atoms with Gasteiger partial charge in [-0.05, 0) is 55.0 Å². The molecule has 0 spiro atoms. The van der Waals surface area contributed by atoms with Crippen LogP contribution in [0.4, 0.5) is 0 Å². The molecule has 1 aromatic rings. The molecule has 1 nitrogen and oxygen atoms in total. The quantitative estimate of drug-likeness (QED) is 0.718. The second-order valence-electron chi connectivity index (χ2n) is 4.16. The van der Waals surface area contributed by atoms with E-state index in [1.807, 2.05) is 24.1 Å². The van der Waals surface area contributed by atoms with Crippen LogP contribution in [0.25, 0.3) is 0 Å². The Morgan fingerprint density at radius 3 is 2.40 bits per heavy atom. The summed E-state index contributed by atoms with van der Waals surface area (Å²) in [6, 6.07) is 8.09. The summed E-state index contributed by atoms with van der Waals surface area (Å²) in [6.45, 7) is 4.74. The summed E-state index contributed by atoms with van der Waals surface area (Å²) < 4.78 is 2.45. The molecule has 1 fully saturated rings. The molecule has 1 saturated heterocycles. The van der Waals surface area contributed by atoms with E-state index in [0.717, 1.165) is 10.9 Å². The highest BCUT2D eigenvalue weighted by Crippen LogP contribution is 2.28. The molecule has 0 aromatic heterocycles. The van der Waals surface area contributed by atoms with Crippen molar-refractivity contribution in [2.24, 2.45) is 5.92 Å². The smallest absolute Gasteiger partial charge is 0.0406 e. The van der Waals surface area contributed by atoms with Gasteiger partial charge in [0.05, 0.1) is 0 Å². The molecular weight excluding hydrogens is 226 g/mol. The van der Waals surface area contributed by atoms with E-state index in [9.17, 15) is 0 Å². The van der Waals surface area contributed by atoms with Crippen LogP contribution in [-0.2, 0) is 0 Å². The molecule has 1 heterocycles. The summed E-state index contributed by atoms with van der Waals surface area (Å²) in [5.74, 6) is 0.895. The summed E-state index contributed by atoms with van der Waals surface area (Å²) in [5.41, 5.74) is 0. The largest absolute Gasteiger partial charge is 0.246 e. The third-order valence-corrected chi connectivity index (χ3v) is 4.15. The summed E-state index contributed by atoms with van der Waals surface area (Å²) in [7, 11) is 0. The topological polar surface area (TPSA) is 3.24 Å². The average molecular weight is 242 g/mol. The minimum absolute atomic E-state index is 0.812. The van der Waals surface area contributed by atoms with E-state index < -0.39 is 0 Å². The van der Waals surface area contributed by atoms with Crippen molar-refractivity contribution >= 4 is 23.5 Å². The van der Waals surface area contributed by atoms with E-state index in [2.05, 4.69) is 23.4 Å². The van der Waals surface area contributed by atoms with Crippen LogP contribution < -0.4 is 0 Å². The summed E-state index contributed by atoms with van der Waals surface area (Å²) in [5, 5.41) is 0.812. The standard InChI is InChI=1S/C12H16ClNS/c1-10-6-8-14(9-7-10)15-12-4-2-11(13)3-5-12/h2-5,10H,6-9H2,1H3. The maximum Gasteiger partial charge on any atom is 0.0406 e. The molecule has 2 rings (SSSR count). The number of halogens is 1. The Bertz CT molecular complexity index is 304. The summed E-state index contributed by atoms with van der Waals surface area (Å²) >= 11 is 7.70. The second-order valence-corrected chi connectivity index (χ2v) is 5.76. The summed E-state index contributed by atoms with van der Waals surface area (Å²) in [6.07, 6.45) is 2.64. The van der Waals surface area contributed by atoms with Crippen molar-refractivity contribution in [1.29, 1.82) is 0 Å². The molecule has 0 N–H and O–H groups in total. The van der Waals surface area contributed by atoms with Crippen LogP contribution in [0.5, 0.6) is 0 Å². The Hall–Kier alpha value is -0.180. The second kappa shape index (κ2) is 5.24. The first-order chi connectivity index (χ1) is 7.24. The first-order valence-corrected chi connectivity index (χ1v) is 6.57. The molecule has 82 valence electrons. The van der Waals surface area contributed by atoms with Gasteiger partial charge < -0.3 is 0 Å². The van der Waals surface area contributed by atoms with E-state index in [0.29, 0.717) is 0 Å². The molecule has 0 radical (unpaired) electrons. The minimum Gasteiger partial charge on any atom is -0.246 e. The van der Waals surface area contributed by atoms with Gasteiger partial charge in [-0.1, -0.05) is 18.5 Å². The Labute approximate surface area is 101 Å². The van der Waals surface area contributed by atoms with Gasteiger partial charge in [-0.3, -0.25) is 0 Å². The van der Waals surface area contributed by atoms with E-state index in [1.165, 1.54) is 30.8 Å². The number of piperidine rings is 1. The van der Waals surface area contributed by atoms with Gasteiger partial charge in [0, 0.05) is 23.0 Å². The van der Waals surface area contributed by atoms with Crippen LogP contribution >= 0.6 is 23.5 Å². The lowest BCUT2D eigenvalue weighted by Crippen LogP contribution is -2.27. The molecule has 0 unspecified atom stereocenters. The predicted molar refractivity (Wildman–Crippen MR) is 67.3 cm³/mol. The molecule has 1 aliphatic heterocycles. The van der Waals surface area contributed by atoms with E-state index in [4.69, 9.17) is 11.6 Å². The Morgan fingerprint density at radius 1 is 1.20 bits per heavy atom. The first-order valence-electron chi connectivity index (χ1n) is 5.42. The third-order valence-electron chi connectivity index (χ3n) is 2.79. The predicted octanol–water partition coefficient (Wildman–Crippen LogP) is 4.08. The minimum atomic E-state index is 0.812. The fourth-order valence-electron chi connectivity index (χ4n) is 1.72. The average Bonchev–Trinajstić information content (AvgIpc) is 2.25. The molecule has 1 aromatic carbocycles. The fourth-order valence-corrected chi connectivity index (χ4v) is 2.80. The first kappa shape index (κ1) is 11.3. The lowest BCUT2D eigenvalue weighted by Gasteiger charge is -2.28. The van der Waals surface area contributed by atoms with Crippen LogP contribution in [0.3, 0.4) is 0 Å². The molecule has 0 saturated carbocycles. The van der Waals surface area contributed by atoms with Crippen molar-refractivity contribution in [3.8, 4) is 0 Å². The van der Waals surface area contributed by atoms with Crippen LogP contribution in [0.15, 0.2) is 29.2 Å². The van der Waals surface area contributed by atoms with Crippen molar-refractivity contribution in [2.45, 2.75) is 24.7 Å². The molecule has 0 aliphatic carbocycles. The van der Waals surface area contributed by atoms with Gasteiger partial charge in [0.25, 0.3) is 0 Å². The van der Waals surface area contributed by atoms with Crippen molar-refractivity contribution in [3.05, 3.63) is 29.3 Å². The Kier molecular flexibility index (Phi) is 3.95. The van der Waals surface area contributed by atoms with E-state index >= 15 is 0 Å². The number of hydrogen-bond donors (Lipinski definition) is 0. The van der Waals surface area contributed by atoms with Crippen molar-refractivity contribution < 1.29 is 0 Å². The number of hydrogen-bond acceptors (Lipinski definition) is 2. The normalized spacial score (nSPS) is 19.3. The fraction of sp³-hybridized carbons (Fsp3) is 0.500. The molecule has 0 bridgehead atoms. The van der Waals surface area contributed by atoms with Gasteiger partial charge >= 0.3 is 0 Å². The summed E-state index contributed by atoms with van der Waals surface area (Å²) in [4.78, 5) is 1.29. The molecular formula is C12H16ClNS. The van der Waals surface area contributed by atoms with Crippen molar-refractivity contribution in [3.63, 3.8) is 0 Å². The Morgan fingerprint density at radius 2 is 1.80 bits per heavy atom. The zero-order chi connectivity index (χ0) is 10.7. The molecule has 0 amide bonds. The lowest BCUT2D eigenvalue weighted by molar-refractivity contribution is 0.308. The zero-order valence-corrected chi connectivity index (χ0v) is 10.5. The zero-order valence-electron chi connectivity index (χ0n) is 8.95. The van der Waals surface area contributed by atoms with Crippen LogP contribution in [0.2, 0.25) is 5.02 Å². The van der Waals surface area contributed by atoms with Gasteiger partial charge in [0.15, 0.2) is 0 Å². The Balaban J connectivity index is 1.89. The maximum atomic E-state index is 5.85. The maximum absolute atomic E-state index is 5.85. The molecule has 0 atom stereocenters. The van der Waals surface area contributed by atoms with Crippen LogP contribution in [0, 0.1) is 5.92 Å². The van der Waals surface area contributed by atoms with Gasteiger partial charge in [0.2, 0.25) is 0 Å². The SMILES string of the molecule is CC1CCN(Sc2ccc(Cl)cc2)CC1. The molecule has 15 heavy (non-hydrogen) atoms. The molecule has 1 aliphatic rings. The monoisotopic (exact) mass is 241 g/mol. The van der Waals surface area contributed by atoms with Crippen molar-refractivity contribution in [1.82, 2.24) is 4.31 Å². The van der Waals surface area contributed by atoms with Gasteiger partial charge in [-0.25, -0.2) is 4.31 Å². The van der Waals surface area contributed by atoms with Gasteiger partial charge in [-0.15, -0.1) is 0 Å². The van der Waals surface area contributed by atoms with Crippen LogP contribution in [-0.4, -0.2) is 17.4 Å². The number of rotatable bonds is 2. The van der Waals surface area contributed by atoms with Gasteiger partial charge in [0.1, 0.15) is 0 Å². The van der Waals surface area contributed by atoms with Crippen LogP contribution in [0.1, 0.15) is 19.8 Å². The number of benzene rings is 1. The lowest BCUT2D eigenvalue weighted by atomic mass is 10.0. The highest BCUT2D eigenvalue weighted by atomic mass is 35.5. The van der Waals surface area contributed by atoms with E-state index in [-0.39, 0.29) is 0 Å². The van der Waals surface area contributed by atoms with E-state index in [1.54, 1.807) is 0 Å². The highest BCUT2D eigenvalue weighted by molar-refractivity contribution is 7.97. The van der Waals surface area contributed by atoms with Gasteiger partial charge in [-0.2, -0.15) is 0 Å². The molecule has 3 heteroatoms. The number of nitrogens with zero attached hydrogens (tertiary/aromatic N) is 1. The highest BCUT2D eigenvalue weighted by Gasteiger charge is 2.16.